The van der Waals surface area contributed by atoms with Crippen LogP contribution in [0.4, 0.5) is 0 Å². The first-order valence-corrected chi connectivity index (χ1v) is 44.9. The Morgan fingerprint density at radius 3 is 0.902 bits per heavy atom. The molecule has 12 unspecified atom stereocenters. The molecular formula is C88H171NO13. The molecule has 2 aliphatic rings. The number of carbonyl (C=O) groups is 1. The summed E-state index contributed by atoms with van der Waals surface area (Å²) in [6.07, 6.45) is 77.7. The van der Waals surface area contributed by atoms with Gasteiger partial charge in [0.05, 0.1) is 32.0 Å². The van der Waals surface area contributed by atoms with Gasteiger partial charge in [-0.1, -0.05) is 437 Å². The Morgan fingerprint density at radius 2 is 0.608 bits per heavy atom. The highest BCUT2D eigenvalue weighted by molar-refractivity contribution is 5.76. The number of amides is 1. The van der Waals surface area contributed by atoms with Crippen LogP contribution >= 0.6 is 0 Å². The second-order valence-corrected chi connectivity index (χ2v) is 32.1. The van der Waals surface area contributed by atoms with E-state index >= 15 is 0 Å². The van der Waals surface area contributed by atoms with Gasteiger partial charge in [-0.05, 0) is 19.3 Å². The molecule has 0 aromatic heterocycles. The van der Waals surface area contributed by atoms with Crippen molar-refractivity contribution in [1.82, 2.24) is 5.32 Å². The highest BCUT2D eigenvalue weighted by Gasteiger charge is 2.51. The van der Waals surface area contributed by atoms with Crippen LogP contribution in [-0.4, -0.2) is 140 Å². The van der Waals surface area contributed by atoms with Crippen LogP contribution in [-0.2, 0) is 23.7 Å². The molecule has 0 spiro atoms. The second-order valence-electron chi connectivity index (χ2n) is 32.1. The number of allylic oxidation sites excluding steroid dienone is 1. The Kier molecular flexibility index (Phi) is 68.9. The minimum atomic E-state index is -1.79. The van der Waals surface area contributed by atoms with Crippen LogP contribution in [0, 0.1) is 0 Å². The third kappa shape index (κ3) is 54.3. The molecule has 2 heterocycles. The van der Waals surface area contributed by atoms with Gasteiger partial charge < -0.3 is 65.1 Å². The van der Waals surface area contributed by atoms with Gasteiger partial charge in [0.25, 0.3) is 0 Å². The minimum Gasteiger partial charge on any atom is -0.394 e. The molecule has 2 aliphatic heterocycles. The van der Waals surface area contributed by atoms with E-state index < -0.39 is 86.8 Å². The number of unbranched alkanes of at least 4 members (excludes halogenated alkanes) is 65. The molecule has 1 amide bonds. The number of carbonyl (C=O) groups excluding carboxylic acids is 1. The highest BCUT2D eigenvalue weighted by Crippen LogP contribution is 2.31. The molecule has 0 aromatic rings. The van der Waals surface area contributed by atoms with Gasteiger partial charge in [-0.3, -0.25) is 4.79 Å². The molecule has 14 nitrogen and oxygen atoms in total. The number of aliphatic hydroxyl groups excluding tert-OH is 8. The lowest BCUT2D eigenvalue weighted by molar-refractivity contribution is -0.359. The summed E-state index contributed by atoms with van der Waals surface area (Å²) in [6, 6.07) is -0.913. The number of ether oxygens (including phenoxy) is 4. The van der Waals surface area contributed by atoms with Crippen molar-refractivity contribution in [2.75, 3.05) is 19.8 Å². The molecule has 102 heavy (non-hydrogen) atoms. The van der Waals surface area contributed by atoms with Gasteiger partial charge in [0.2, 0.25) is 5.91 Å². The Labute approximate surface area is 628 Å². The summed E-state index contributed by atoms with van der Waals surface area (Å²) >= 11 is 0. The molecule has 0 aliphatic carbocycles. The van der Waals surface area contributed by atoms with Crippen molar-refractivity contribution in [2.45, 2.75) is 524 Å². The molecule has 2 saturated heterocycles. The fraction of sp³-hybridized carbons (Fsp3) is 0.966. The van der Waals surface area contributed by atoms with Crippen LogP contribution in [0.1, 0.15) is 450 Å². The van der Waals surface area contributed by atoms with Crippen LogP contribution in [0.2, 0.25) is 0 Å². The summed E-state index contributed by atoms with van der Waals surface area (Å²) in [6.45, 7) is 2.89. The fourth-order valence-electron chi connectivity index (χ4n) is 15.4. The van der Waals surface area contributed by atoms with E-state index in [0.29, 0.717) is 0 Å². The predicted molar refractivity (Wildman–Crippen MR) is 425 cm³/mol. The molecule has 0 radical (unpaired) electrons. The van der Waals surface area contributed by atoms with Crippen molar-refractivity contribution in [1.29, 1.82) is 0 Å². The lowest BCUT2D eigenvalue weighted by Gasteiger charge is -2.46. The summed E-state index contributed by atoms with van der Waals surface area (Å²) in [5.41, 5.74) is 0. The van der Waals surface area contributed by atoms with Crippen LogP contribution in [0.3, 0.4) is 0 Å². The van der Waals surface area contributed by atoms with E-state index in [9.17, 15) is 45.6 Å². The van der Waals surface area contributed by atoms with Crippen molar-refractivity contribution in [3.63, 3.8) is 0 Å². The molecule has 9 N–H and O–H groups in total. The third-order valence-corrected chi connectivity index (χ3v) is 22.5. The normalized spacial score (nSPS) is 21.6. The van der Waals surface area contributed by atoms with Gasteiger partial charge >= 0.3 is 0 Å². The number of hydrogen-bond donors (Lipinski definition) is 9. The number of hydrogen-bond acceptors (Lipinski definition) is 13. The van der Waals surface area contributed by atoms with E-state index in [4.69, 9.17) is 18.9 Å². The smallest absolute Gasteiger partial charge is 0.220 e. The van der Waals surface area contributed by atoms with Crippen LogP contribution in [0.5, 0.6) is 0 Å². The molecule has 2 fully saturated rings. The maximum absolute atomic E-state index is 13.4. The molecule has 0 aromatic carbocycles. The monoisotopic (exact) mass is 1450 g/mol. The summed E-state index contributed by atoms with van der Waals surface area (Å²) in [4.78, 5) is 13.4. The van der Waals surface area contributed by atoms with Crippen molar-refractivity contribution in [3.05, 3.63) is 12.2 Å². The van der Waals surface area contributed by atoms with Gasteiger partial charge in [-0.15, -0.1) is 0 Å². The molecule has 2 rings (SSSR count). The molecular weight excluding hydrogens is 1280 g/mol. The van der Waals surface area contributed by atoms with E-state index in [2.05, 4.69) is 19.2 Å². The van der Waals surface area contributed by atoms with Crippen LogP contribution in [0.25, 0.3) is 0 Å². The summed E-state index contributed by atoms with van der Waals surface area (Å²) in [5, 5.41) is 87.9. The zero-order valence-electron chi connectivity index (χ0n) is 66.9. The van der Waals surface area contributed by atoms with Crippen molar-refractivity contribution in [2.24, 2.45) is 0 Å². The second kappa shape index (κ2) is 72.6. The maximum atomic E-state index is 13.4. The number of nitrogens with one attached hydrogen (secondary N) is 1. The summed E-state index contributed by atoms with van der Waals surface area (Å²) in [5.74, 6) is -0.227. The quantitative estimate of drug-likeness (QED) is 0.0204. The molecule has 12 atom stereocenters. The van der Waals surface area contributed by atoms with Crippen LogP contribution in [0.15, 0.2) is 12.2 Å². The summed E-state index contributed by atoms with van der Waals surface area (Å²) in [7, 11) is 0. The van der Waals surface area contributed by atoms with E-state index in [1.165, 1.54) is 385 Å². The first kappa shape index (κ1) is 96.8. The van der Waals surface area contributed by atoms with Crippen LogP contribution < -0.4 is 5.32 Å². The number of aliphatic hydroxyl groups is 8. The first-order valence-electron chi connectivity index (χ1n) is 44.9. The Bertz CT molecular complexity index is 1760. The average molecular weight is 1450 g/mol. The van der Waals surface area contributed by atoms with E-state index in [1.54, 1.807) is 6.08 Å². The lowest BCUT2D eigenvalue weighted by atomic mass is 9.97. The Hall–Kier alpha value is -1.27. The maximum Gasteiger partial charge on any atom is 0.220 e. The zero-order chi connectivity index (χ0) is 73.7. The molecule has 0 bridgehead atoms. The molecule has 606 valence electrons. The average Bonchev–Trinajstić information content (AvgIpc) is 0.790. The van der Waals surface area contributed by atoms with E-state index in [-0.39, 0.29) is 18.9 Å². The van der Waals surface area contributed by atoms with Gasteiger partial charge in [0.1, 0.15) is 48.8 Å². The largest absolute Gasteiger partial charge is 0.394 e. The standard InChI is InChI=1S/C88H171NO13/c1-3-5-7-9-11-13-15-17-19-21-23-25-27-29-31-33-35-37-38-40-42-44-46-48-50-52-54-56-58-60-62-64-66-68-70-72-80(93)89-76(75-99-87-85(98)83(96)86(79(74-91)101-87)102-88-84(97)82(95)81(94)78(73-90)100-88)77(92)71-69-67-65-63-61-59-57-55-53-51-49-47-45-43-41-39-36-34-32-30-28-26-24-22-20-18-16-14-12-10-8-6-4-2/h69,71,76-79,81-88,90-92,94-98H,3-68,70,72-75H2,1-2H3,(H,89,93)/b71-69+. The van der Waals surface area contributed by atoms with Gasteiger partial charge in [0, 0.05) is 6.42 Å². The first-order chi connectivity index (χ1) is 50.1. The van der Waals surface area contributed by atoms with Crippen molar-refractivity contribution < 1.29 is 64.6 Å². The predicted octanol–water partition coefficient (Wildman–Crippen LogP) is 21.6. The Balaban J connectivity index is 1.56. The van der Waals surface area contributed by atoms with E-state index in [0.717, 1.165) is 44.9 Å². The number of rotatable bonds is 78. The topological polar surface area (TPSA) is 228 Å². The molecule has 0 saturated carbocycles. The SMILES string of the molecule is CCCCCCCCCCCCCCCCCCCCCCCCCCCCCCCCC/C=C/C(O)C(COC1OC(CO)C(OC2OC(CO)C(O)C(O)C2O)C(O)C1O)NC(=O)CCCCCCCCCCCCCCCCCCCCCCCCCCCCCCCCCCCCC. The lowest BCUT2D eigenvalue weighted by Crippen LogP contribution is -2.65. The van der Waals surface area contributed by atoms with Gasteiger partial charge in [-0.2, -0.15) is 0 Å². The van der Waals surface area contributed by atoms with Crippen molar-refractivity contribution in [3.8, 4) is 0 Å². The summed E-state index contributed by atoms with van der Waals surface area (Å²) < 4.78 is 23.0. The zero-order valence-corrected chi connectivity index (χ0v) is 66.9. The molecule has 14 heteroatoms. The fourth-order valence-corrected chi connectivity index (χ4v) is 15.4. The van der Waals surface area contributed by atoms with Crippen molar-refractivity contribution >= 4 is 5.91 Å². The highest BCUT2D eigenvalue weighted by atomic mass is 16.7. The van der Waals surface area contributed by atoms with E-state index in [1.807, 2.05) is 6.08 Å². The van der Waals surface area contributed by atoms with Gasteiger partial charge in [0.15, 0.2) is 12.6 Å². The third-order valence-electron chi connectivity index (χ3n) is 22.5. The minimum absolute atomic E-state index is 0.227. The van der Waals surface area contributed by atoms with Gasteiger partial charge in [-0.25, -0.2) is 0 Å². The Morgan fingerprint density at radius 1 is 0.343 bits per heavy atom.